The molecule has 1 N–H and O–H groups in total. The Kier molecular flexibility index (Phi) is 4.02. The van der Waals surface area contributed by atoms with Gasteiger partial charge in [0, 0.05) is 5.69 Å². The van der Waals surface area contributed by atoms with Crippen LogP contribution < -0.4 is 4.72 Å². The molecule has 0 spiro atoms. The molecule has 19 heavy (non-hydrogen) atoms. The van der Waals surface area contributed by atoms with Crippen LogP contribution in [0.3, 0.4) is 0 Å². The van der Waals surface area contributed by atoms with E-state index in [-0.39, 0.29) is 0 Å². The van der Waals surface area contributed by atoms with Crippen LogP contribution in [0.15, 0.2) is 60.0 Å². The third-order valence-corrected chi connectivity index (χ3v) is 3.47. The van der Waals surface area contributed by atoms with Gasteiger partial charge in [0.05, 0.1) is 5.41 Å². The van der Waals surface area contributed by atoms with Crippen molar-refractivity contribution in [2.75, 3.05) is 4.72 Å². The Hall–Kier alpha value is -2.07. The third-order valence-electron chi connectivity index (χ3n) is 2.45. The van der Waals surface area contributed by atoms with Crippen LogP contribution in [0.5, 0.6) is 0 Å². The van der Waals surface area contributed by atoms with Gasteiger partial charge in [-0.05, 0) is 36.3 Å². The Morgan fingerprint density at radius 2 is 1.58 bits per heavy atom. The summed E-state index contributed by atoms with van der Waals surface area (Å²) in [5, 5.41) is 1.15. The lowest BCUT2D eigenvalue weighted by Gasteiger charge is -2.04. The number of sulfonamides is 1. The molecule has 2 aromatic carbocycles. The van der Waals surface area contributed by atoms with Gasteiger partial charge < -0.3 is 0 Å². The van der Waals surface area contributed by atoms with Crippen LogP contribution >= 0.6 is 0 Å². The maximum absolute atomic E-state index is 11.8. The first-order chi connectivity index (χ1) is 9.05. The van der Waals surface area contributed by atoms with Gasteiger partial charge in [0.25, 0.3) is 10.0 Å². The minimum absolute atomic E-state index is 0.519. The van der Waals surface area contributed by atoms with Crippen LogP contribution in [0.2, 0.25) is 0 Å². The molecule has 2 rings (SSSR count). The lowest BCUT2D eigenvalue weighted by molar-refractivity contribution is 0.609. The lowest BCUT2D eigenvalue weighted by Crippen LogP contribution is -2.08. The van der Waals surface area contributed by atoms with Crippen molar-refractivity contribution < 1.29 is 8.42 Å². The van der Waals surface area contributed by atoms with Crippen molar-refractivity contribution >= 4 is 21.8 Å². The summed E-state index contributed by atoms with van der Waals surface area (Å²) in [7, 11) is -3.50. The number of hydrogen-bond donors (Lipinski definition) is 1. The quantitative estimate of drug-likeness (QED) is 0.928. The van der Waals surface area contributed by atoms with E-state index < -0.39 is 10.0 Å². The average Bonchev–Trinajstić information content (AvgIpc) is 2.40. The molecule has 0 atom stereocenters. The van der Waals surface area contributed by atoms with Crippen LogP contribution in [-0.4, -0.2) is 8.42 Å². The van der Waals surface area contributed by atoms with Gasteiger partial charge in [-0.3, -0.25) is 4.72 Å². The van der Waals surface area contributed by atoms with Gasteiger partial charge in [-0.2, -0.15) is 0 Å². The second-order valence-electron chi connectivity index (χ2n) is 4.06. The topological polar surface area (TPSA) is 46.2 Å². The van der Waals surface area contributed by atoms with Gasteiger partial charge in [0.1, 0.15) is 0 Å². The van der Waals surface area contributed by atoms with Crippen molar-refractivity contribution in [2.45, 2.75) is 0 Å². The molecule has 0 saturated heterocycles. The van der Waals surface area contributed by atoms with Gasteiger partial charge >= 0.3 is 0 Å². The van der Waals surface area contributed by atoms with E-state index in [9.17, 15) is 8.42 Å². The van der Waals surface area contributed by atoms with E-state index >= 15 is 0 Å². The molecule has 0 aromatic heterocycles. The smallest absolute Gasteiger partial charge is 0.255 e. The molecule has 0 fully saturated rings. The Morgan fingerprint density at radius 1 is 0.947 bits per heavy atom. The summed E-state index contributed by atoms with van der Waals surface area (Å²) in [6.07, 6.45) is 1.55. The molecular weight excluding hydrogens is 258 g/mol. The molecule has 0 bridgehead atoms. The minimum atomic E-state index is -3.50. The molecule has 1 radical (unpaired) electrons. The minimum Gasteiger partial charge on any atom is -0.280 e. The summed E-state index contributed by atoms with van der Waals surface area (Å²) in [5.41, 5.74) is 2.19. The van der Waals surface area contributed by atoms with E-state index in [2.05, 4.69) is 11.6 Å². The average molecular weight is 272 g/mol. The summed E-state index contributed by atoms with van der Waals surface area (Å²) in [6.45, 7) is 3.74. The van der Waals surface area contributed by atoms with Crippen molar-refractivity contribution in [1.29, 1.82) is 0 Å². The highest BCUT2D eigenvalue weighted by Crippen LogP contribution is 2.12. The van der Waals surface area contributed by atoms with Crippen LogP contribution in [0.25, 0.3) is 6.08 Å². The first kappa shape index (κ1) is 13.4. The predicted octanol–water partition coefficient (Wildman–Crippen LogP) is 3.28. The summed E-state index contributed by atoms with van der Waals surface area (Å²) in [5.74, 6) is 0. The SMILES string of the molecule is [CH2]c1ccc(NS(=O)(=O)C=Cc2ccccc2)cc1. The maximum Gasteiger partial charge on any atom is 0.255 e. The van der Waals surface area contributed by atoms with E-state index in [1.54, 1.807) is 30.3 Å². The molecule has 0 amide bonds. The Morgan fingerprint density at radius 3 is 2.21 bits per heavy atom. The lowest BCUT2D eigenvalue weighted by atomic mass is 10.2. The number of hydrogen-bond acceptors (Lipinski definition) is 2. The monoisotopic (exact) mass is 272 g/mol. The van der Waals surface area contributed by atoms with Gasteiger partial charge in [-0.15, -0.1) is 0 Å². The van der Waals surface area contributed by atoms with E-state index in [4.69, 9.17) is 0 Å². The van der Waals surface area contributed by atoms with Crippen LogP contribution in [0, 0.1) is 6.92 Å². The van der Waals surface area contributed by atoms with Crippen LogP contribution in [0.4, 0.5) is 5.69 Å². The molecule has 0 saturated carbocycles. The van der Waals surface area contributed by atoms with E-state index in [1.807, 2.05) is 30.3 Å². The van der Waals surface area contributed by atoms with E-state index in [0.717, 1.165) is 16.5 Å². The molecule has 0 aliphatic rings. The standard InChI is InChI=1S/C15H14NO2S/c1-13-7-9-15(10-8-13)16-19(17,18)12-11-14-5-3-2-4-6-14/h2-12,16H,1H2. The van der Waals surface area contributed by atoms with E-state index in [0.29, 0.717) is 5.69 Å². The second kappa shape index (κ2) is 5.71. The zero-order valence-electron chi connectivity index (χ0n) is 10.3. The molecular formula is C15H14NO2S. The Bertz CT molecular complexity index is 659. The molecule has 0 aliphatic heterocycles. The van der Waals surface area contributed by atoms with Crippen molar-refractivity contribution in [2.24, 2.45) is 0 Å². The first-order valence-corrected chi connectivity index (χ1v) is 7.28. The van der Waals surface area contributed by atoms with E-state index in [1.165, 1.54) is 0 Å². The van der Waals surface area contributed by atoms with Crippen molar-refractivity contribution in [3.63, 3.8) is 0 Å². The van der Waals surface area contributed by atoms with Crippen molar-refractivity contribution in [1.82, 2.24) is 0 Å². The first-order valence-electron chi connectivity index (χ1n) is 5.73. The van der Waals surface area contributed by atoms with Crippen molar-refractivity contribution in [3.05, 3.63) is 78.1 Å². The molecule has 4 heteroatoms. The highest BCUT2D eigenvalue weighted by molar-refractivity contribution is 7.95. The number of anilines is 1. The normalized spacial score (nSPS) is 11.6. The highest BCUT2D eigenvalue weighted by Gasteiger charge is 2.04. The van der Waals surface area contributed by atoms with Gasteiger partial charge in [0.2, 0.25) is 0 Å². The van der Waals surface area contributed by atoms with Crippen LogP contribution in [-0.2, 0) is 10.0 Å². The molecule has 0 heterocycles. The largest absolute Gasteiger partial charge is 0.280 e. The van der Waals surface area contributed by atoms with Gasteiger partial charge in [0.15, 0.2) is 0 Å². The highest BCUT2D eigenvalue weighted by atomic mass is 32.2. The predicted molar refractivity (Wildman–Crippen MR) is 78.9 cm³/mol. The fourth-order valence-corrected chi connectivity index (χ4v) is 2.37. The zero-order valence-corrected chi connectivity index (χ0v) is 11.1. The van der Waals surface area contributed by atoms with Crippen molar-refractivity contribution in [3.8, 4) is 0 Å². The fraction of sp³-hybridized carbons (Fsp3) is 0. The fourth-order valence-electron chi connectivity index (χ4n) is 1.50. The Balaban J connectivity index is 2.11. The van der Waals surface area contributed by atoms with Gasteiger partial charge in [-0.1, -0.05) is 42.5 Å². The Labute approximate surface area is 113 Å². The number of rotatable bonds is 4. The molecule has 97 valence electrons. The molecule has 2 aromatic rings. The molecule has 3 nitrogen and oxygen atoms in total. The molecule has 0 aliphatic carbocycles. The second-order valence-corrected chi connectivity index (χ2v) is 5.62. The maximum atomic E-state index is 11.8. The number of benzene rings is 2. The third kappa shape index (κ3) is 4.26. The summed E-state index contributed by atoms with van der Waals surface area (Å²) in [4.78, 5) is 0. The van der Waals surface area contributed by atoms with Crippen LogP contribution in [0.1, 0.15) is 11.1 Å². The summed E-state index contributed by atoms with van der Waals surface area (Å²) < 4.78 is 26.2. The molecule has 0 unspecified atom stereocenters. The summed E-state index contributed by atoms with van der Waals surface area (Å²) in [6, 6.07) is 16.1. The number of nitrogens with one attached hydrogen (secondary N) is 1. The van der Waals surface area contributed by atoms with Gasteiger partial charge in [-0.25, -0.2) is 8.42 Å². The summed E-state index contributed by atoms with van der Waals surface area (Å²) >= 11 is 0. The zero-order chi connectivity index (χ0) is 13.7.